The first kappa shape index (κ1) is 31.6. The maximum atomic E-state index is 15.6. The number of piperidine rings is 1. The van der Waals surface area contributed by atoms with E-state index in [9.17, 15) is 9.59 Å². The number of likely N-dealkylation sites (N-methyl/N-ethyl adjacent to an activating group) is 1. The monoisotopic (exact) mass is 566 g/mol. The van der Waals surface area contributed by atoms with Crippen LogP contribution in [-0.4, -0.2) is 63.3 Å². The summed E-state index contributed by atoms with van der Waals surface area (Å²) >= 11 is 6.24. The third-order valence-corrected chi connectivity index (χ3v) is 8.82. The summed E-state index contributed by atoms with van der Waals surface area (Å²) < 4.78 is 20.8. The van der Waals surface area contributed by atoms with E-state index in [-0.39, 0.29) is 28.9 Å². The highest BCUT2D eigenvalue weighted by molar-refractivity contribution is 6.30. The fourth-order valence-corrected chi connectivity index (χ4v) is 6.87. The Morgan fingerprint density at radius 3 is 2.64 bits per heavy atom. The molecule has 0 aromatic heterocycles. The molecule has 0 radical (unpaired) electrons. The molecule has 2 aliphatic rings. The van der Waals surface area contributed by atoms with Gasteiger partial charge in [0.15, 0.2) is 0 Å². The normalized spacial score (nSPS) is 20.7. The third kappa shape index (κ3) is 8.79. The number of urea groups is 1. The molecular weight excluding hydrogens is 519 g/mol. The topological polar surface area (TPSA) is 82.7 Å². The second kappa shape index (κ2) is 15.8. The van der Waals surface area contributed by atoms with Crippen LogP contribution in [-0.2, 0) is 15.1 Å². The Hall–Kier alpha value is -1.90. The van der Waals surface area contributed by atoms with Crippen molar-refractivity contribution in [3.05, 3.63) is 34.6 Å². The van der Waals surface area contributed by atoms with Gasteiger partial charge in [-0.1, -0.05) is 55.8 Å². The minimum atomic E-state index is -0.986. The fraction of sp³-hybridized carbons (Fsp3) is 0.733. The number of likely N-dealkylation sites (tertiary alicyclic amines) is 1. The molecule has 3 atom stereocenters. The number of methoxy groups -OCH3 is 1. The zero-order valence-corrected chi connectivity index (χ0v) is 24.8. The predicted molar refractivity (Wildman–Crippen MR) is 154 cm³/mol. The van der Waals surface area contributed by atoms with E-state index in [0.29, 0.717) is 37.6 Å². The zero-order valence-electron chi connectivity index (χ0n) is 24.0. The highest BCUT2D eigenvalue weighted by Crippen LogP contribution is 2.42. The maximum Gasteiger partial charge on any atom is 0.317 e. The Morgan fingerprint density at radius 2 is 1.95 bits per heavy atom. The van der Waals surface area contributed by atoms with Crippen molar-refractivity contribution in [3.63, 3.8) is 0 Å². The van der Waals surface area contributed by atoms with Crippen molar-refractivity contribution in [2.45, 2.75) is 89.1 Å². The number of carbonyl (C=O) groups excluding carboxylic acids is 2. The fourth-order valence-electron chi connectivity index (χ4n) is 6.70. The number of amides is 3. The highest BCUT2D eigenvalue weighted by atomic mass is 35.5. The van der Waals surface area contributed by atoms with Crippen LogP contribution in [0.25, 0.3) is 0 Å². The number of nitrogens with one attached hydrogen (secondary N) is 3. The van der Waals surface area contributed by atoms with Gasteiger partial charge in [0.25, 0.3) is 0 Å². The van der Waals surface area contributed by atoms with Crippen LogP contribution in [0.2, 0.25) is 5.02 Å². The Bertz CT molecular complexity index is 929. The molecular formula is C30H48ClFN4O3. The number of halogens is 2. The number of hydrogen-bond donors (Lipinski definition) is 3. The van der Waals surface area contributed by atoms with Gasteiger partial charge in [-0.15, -0.1) is 0 Å². The number of benzene rings is 1. The van der Waals surface area contributed by atoms with Gasteiger partial charge in [-0.05, 0) is 57.6 Å². The smallest absolute Gasteiger partial charge is 0.317 e. The Kier molecular flexibility index (Phi) is 12.8. The van der Waals surface area contributed by atoms with E-state index in [1.807, 2.05) is 11.9 Å². The SMILES string of the molecule is CNCC(CC1CCCCC1)NC(=O)N1CCCC(C(CCCCOC)(NC(C)=O)c2cccc(Cl)c2F)C1. The van der Waals surface area contributed by atoms with Crippen LogP contribution in [0.15, 0.2) is 18.2 Å². The van der Waals surface area contributed by atoms with Crippen LogP contribution < -0.4 is 16.0 Å². The molecule has 1 aromatic rings. The molecule has 39 heavy (non-hydrogen) atoms. The van der Waals surface area contributed by atoms with Crippen molar-refractivity contribution in [1.82, 2.24) is 20.9 Å². The van der Waals surface area contributed by atoms with E-state index < -0.39 is 11.4 Å². The number of nitrogens with zero attached hydrogens (tertiary/aromatic N) is 1. The Balaban J connectivity index is 1.83. The first-order valence-corrected chi connectivity index (χ1v) is 15.1. The molecule has 2 fully saturated rings. The van der Waals surface area contributed by atoms with Gasteiger partial charge in [-0.25, -0.2) is 9.18 Å². The molecule has 0 bridgehead atoms. The molecule has 3 unspecified atom stereocenters. The molecule has 1 aliphatic carbocycles. The molecule has 1 saturated carbocycles. The molecule has 1 heterocycles. The average Bonchev–Trinajstić information content (AvgIpc) is 2.92. The van der Waals surface area contributed by atoms with Gasteiger partial charge in [0.1, 0.15) is 5.82 Å². The molecule has 3 rings (SSSR count). The summed E-state index contributed by atoms with van der Waals surface area (Å²) in [5.41, 5.74) is -0.597. The minimum absolute atomic E-state index is 0.0298. The molecule has 220 valence electrons. The van der Waals surface area contributed by atoms with Gasteiger partial charge >= 0.3 is 6.03 Å². The van der Waals surface area contributed by atoms with Crippen LogP contribution in [0, 0.1) is 17.7 Å². The molecule has 7 nitrogen and oxygen atoms in total. The van der Waals surface area contributed by atoms with Gasteiger partial charge < -0.3 is 25.6 Å². The van der Waals surface area contributed by atoms with Crippen LogP contribution in [0.4, 0.5) is 9.18 Å². The average molecular weight is 567 g/mol. The molecule has 1 saturated heterocycles. The highest BCUT2D eigenvalue weighted by Gasteiger charge is 2.45. The number of ether oxygens (including phenoxy) is 1. The Morgan fingerprint density at radius 1 is 1.18 bits per heavy atom. The first-order chi connectivity index (χ1) is 18.8. The quantitative estimate of drug-likeness (QED) is 0.271. The van der Waals surface area contributed by atoms with Crippen molar-refractivity contribution in [2.75, 3.05) is 40.4 Å². The van der Waals surface area contributed by atoms with Crippen molar-refractivity contribution in [1.29, 1.82) is 0 Å². The largest absolute Gasteiger partial charge is 0.385 e. The van der Waals surface area contributed by atoms with Gasteiger partial charge in [0.05, 0.1) is 10.6 Å². The van der Waals surface area contributed by atoms with Crippen molar-refractivity contribution in [2.24, 2.45) is 11.8 Å². The lowest BCUT2D eigenvalue weighted by molar-refractivity contribution is -0.122. The van der Waals surface area contributed by atoms with Crippen molar-refractivity contribution in [3.8, 4) is 0 Å². The lowest BCUT2D eigenvalue weighted by atomic mass is 9.71. The van der Waals surface area contributed by atoms with Gasteiger partial charge in [0, 0.05) is 57.8 Å². The Labute approximate surface area is 238 Å². The lowest BCUT2D eigenvalue weighted by Gasteiger charge is -2.47. The van der Waals surface area contributed by atoms with E-state index in [2.05, 4.69) is 16.0 Å². The number of unbranched alkanes of at least 4 members (excludes halogenated alkanes) is 1. The van der Waals surface area contributed by atoms with E-state index in [1.54, 1.807) is 19.2 Å². The van der Waals surface area contributed by atoms with E-state index in [0.717, 1.165) is 38.6 Å². The van der Waals surface area contributed by atoms with Gasteiger partial charge in [-0.3, -0.25) is 4.79 Å². The third-order valence-electron chi connectivity index (χ3n) is 8.53. The molecule has 1 aliphatic heterocycles. The summed E-state index contributed by atoms with van der Waals surface area (Å²) in [4.78, 5) is 28.0. The summed E-state index contributed by atoms with van der Waals surface area (Å²) in [5.74, 6) is -0.263. The summed E-state index contributed by atoms with van der Waals surface area (Å²) in [7, 11) is 3.58. The molecule has 0 spiro atoms. The maximum absolute atomic E-state index is 15.6. The van der Waals surface area contributed by atoms with Crippen LogP contribution >= 0.6 is 11.6 Å². The van der Waals surface area contributed by atoms with Crippen LogP contribution in [0.5, 0.6) is 0 Å². The molecule has 1 aromatic carbocycles. The number of hydrogen-bond acceptors (Lipinski definition) is 4. The molecule has 3 amide bonds. The summed E-state index contributed by atoms with van der Waals surface area (Å²) in [6.45, 7) is 3.84. The summed E-state index contributed by atoms with van der Waals surface area (Å²) in [6, 6.07) is 4.95. The molecule has 9 heteroatoms. The number of carbonyl (C=O) groups is 2. The van der Waals surface area contributed by atoms with Gasteiger partial charge in [-0.2, -0.15) is 0 Å². The van der Waals surface area contributed by atoms with Crippen LogP contribution in [0.1, 0.15) is 83.1 Å². The van der Waals surface area contributed by atoms with Crippen LogP contribution in [0.3, 0.4) is 0 Å². The van der Waals surface area contributed by atoms with E-state index in [4.69, 9.17) is 16.3 Å². The van der Waals surface area contributed by atoms with Crippen molar-refractivity contribution >= 4 is 23.5 Å². The van der Waals surface area contributed by atoms with E-state index in [1.165, 1.54) is 45.1 Å². The lowest BCUT2D eigenvalue weighted by Crippen LogP contribution is -2.58. The first-order valence-electron chi connectivity index (χ1n) is 14.7. The van der Waals surface area contributed by atoms with Crippen molar-refractivity contribution < 1.29 is 18.7 Å². The summed E-state index contributed by atoms with van der Waals surface area (Å²) in [6.07, 6.45) is 10.9. The van der Waals surface area contributed by atoms with Gasteiger partial charge in [0.2, 0.25) is 5.91 Å². The predicted octanol–water partition coefficient (Wildman–Crippen LogP) is 5.61. The second-order valence-corrected chi connectivity index (χ2v) is 11.8. The standard InChI is InChI=1S/C30H48ClFN4O3/c1-22(37)35-30(16-7-8-18-39-3,26-14-9-15-27(31)28(26)32)24-13-10-17-36(21-24)29(38)34-25(20-33-2)19-23-11-5-4-6-12-23/h9,14-15,23-25,33H,4-8,10-13,16-21H2,1-3H3,(H,34,38)(H,35,37). The second-order valence-electron chi connectivity index (χ2n) is 11.4. The zero-order chi connectivity index (χ0) is 28.3. The van der Waals surface area contributed by atoms with E-state index >= 15 is 4.39 Å². The number of rotatable bonds is 13. The molecule has 3 N–H and O–H groups in total. The summed E-state index contributed by atoms with van der Waals surface area (Å²) in [5, 5.41) is 9.72. The minimum Gasteiger partial charge on any atom is -0.385 e.